The van der Waals surface area contributed by atoms with Crippen LogP contribution in [0.5, 0.6) is 5.75 Å². The van der Waals surface area contributed by atoms with Crippen LogP contribution in [0.15, 0.2) is 42.5 Å². The molecule has 0 spiro atoms. The van der Waals surface area contributed by atoms with Crippen LogP contribution in [-0.2, 0) is 22.4 Å². The van der Waals surface area contributed by atoms with Gasteiger partial charge in [-0.1, -0.05) is 37.6 Å². The minimum Gasteiger partial charge on any atom is -0.491 e. The van der Waals surface area contributed by atoms with Gasteiger partial charge in [0.1, 0.15) is 11.3 Å². The number of carbonyl (C=O) groups excluding carboxylic acids is 2. The van der Waals surface area contributed by atoms with Gasteiger partial charge < -0.3 is 20.5 Å². The molecule has 1 heterocycles. The molecule has 1 saturated heterocycles. The number of amides is 3. The predicted octanol–water partition coefficient (Wildman–Crippen LogP) is 6.40. The second-order valence-electron chi connectivity index (χ2n) is 10.7. The van der Waals surface area contributed by atoms with Crippen molar-refractivity contribution >= 4 is 17.6 Å². The number of imide groups is 1. The van der Waals surface area contributed by atoms with Gasteiger partial charge in [0.05, 0.1) is 6.10 Å². The van der Waals surface area contributed by atoms with Gasteiger partial charge in [-0.15, -0.1) is 0 Å². The average molecular weight is 604 g/mol. The summed E-state index contributed by atoms with van der Waals surface area (Å²) in [4.78, 5) is 26.9. The summed E-state index contributed by atoms with van der Waals surface area (Å²) in [6.07, 6.45) is -10.5. The summed E-state index contributed by atoms with van der Waals surface area (Å²) in [6, 6.07) is 8.75. The van der Waals surface area contributed by atoms with Gasteiger partial charge in [0.25, 0.3) is 11.5 Å². The molecule has 1 aliphatic rings. The standard InChI is InChI=1S/C29H35F6N3O4/c1-5-8-19-17-21(27(41,28(30,31)32)29(33,34)35)11-14-23(19)36-15-6-7-16-38-24(39)26(4,37-25(38)40)20-9-12-22(13-10-20)42-18(2)3/h9-14,17-18,36,41H,5-8,15-16H2,1-4H3,(H,37,40). The van der Waals surface area contributed by atoms with Crippen molar-refractivity contribution in [2.24, 2.45) is 0 Å². The number of benzene rings is 2. The zero-order chi connectivity index (χ0) is 31.5. The van der Waals surface area contributed by atoms with Crippen molar-refractivity contribution in [1.29, 1.82) is 0 Å². The molecule has 0 radical (unpaired) electrons. The van der Waals surface area contributed by atoms with Crippen LogP contribution < -0.4 is 15.4 Å². The molecule has 2 aromatic carbocycles. The third-order valence-electron chi connectivity index (χ3n) is 7.07. The summed E-state index contributed by atoms with van der Waals surface area (Å²) in [6.45, 7) is 7.50. The Hall–Kier alpha value is -3.48. The minimum atomic E-state index is -5.97. The maximum absolute atomic E-state index is 13.3. The Morgan fingerprint density at radius 1 is 1.00 bits per heavy atom. The quantitative estimate of drug-likeness (QED) is 0.149. The largest absolute Gasteiger partial charge is 0.491 e. The lowest BCUT2D eigenvalue weighted by molar-refractivity contribution is -0.376. The van der Waals surface area contributed by atoms with Crippen LogP contribution in [0.1, 0.15) is 63.6 Å². The van der Waals surface area contributed by atoms with Crippen molar-refractivity contribution in [2.45, 2.75) is 83.0 Å². The fraction of sp³-hybridized carbons (Fsp3) is 0.517. The van der Waals surface area contributed by atoms with Crippen molar-refractivity contribution in [3.05, 3.63) is 59.2 Å². The maximum atomic E-state index is 13.3. The Balaban J connectivity index is 1.62. The summed E-state index contributed by atoms with van der Waals surface area (Å²) < 4.78 is 85.6. The average Bonchev–Trinajstić information content (AvgIpc) is 3.11. The second kappa shape index (κ2) is 12.4. The first-order valence-electron chi connectivity index (χ1n) is 13.6. The van der Waals surface area contributed by atoms with E-state index >= 15 is 0 Å². The molecule has 1 fully saturated rings. The zero-order valence-electron chi connectivity index (χ0n) is 23.7. The number of anilines is 1. The summed E-state index contributed by atoms with van der Waals surface area (Å²) in [5.74, 6) is 0.215. The number of alkyl halides is 6. The van der Waals surface area contributed by atoms with E-state index in [0.717, 1.165) is 17.0 Å². The molecule has 7 nitrogen and oxygen atoms in total. The van der Waals surface area contributed by atoms with E-state index in [9.17, 15) is 41.0 Å². The summed E-state index contributed by atoms with van der Waals surface area (Å²) in [5.41, 5.74) is -6.44. The zero-order valence-corrected chi connectivity index (χ0v) is 23.7. The summed E-state index contributed by atoms with van der Waals surface area (Å²) >= 11 is 0. The van der Waals surface area contributed by atoms with Gasteiger partial charge in [-0.05, 0) is 69.4 Å². The van der Waals surface area contributed by atoms with Gasteiger partial charge in [0.15, 0.2) is 0 Å². The number of carbonyl (C=O) groups is 2. The van der Waals surface area contributed by atoms with Crippen LogP contribution in [0, 0.1) is 0 Å². The molecule has 3 amide bonds. The molecule has 0 saturated carbocycles. The monoisotopic (exact) mass is 603 g/mol. The van der Waals surface area contributed by atoms with E-state index in [2.05, 4.69) is 10.6 Å². The van der Waals surface area contributed by atoms with E-state index in [1.54, 1.807) is 38.1 Å². The number of halogens is 6. The number of unbranched alkanes of at least 4 members (excludes halogenated alkanes) is 1. The Labute approximate surface area is 240 Å². The Bertz CT molecular complexity index is 1250. The lowest BCUT2D eigenvalue weighted by Crippen LogP contribution is -2.54. The lowest BCUT2D eigenvalue weighted by Gasteiger charge is -2.33. The summed E-state index contributed by atoms with van der Waals surface area (Å²) in [7, 11) is 0. The van der Waals surface area contributed by atoms with Gasteiger partial charge in [-0.25, -0.2) is 4.79 Å². The molecule has 3 N–H and O–H groups in total. The molecule has 3 rings (SSSR count). The number of nitrogens with zero attached hydrogens (tertiary/aromatic N) is 1. The minimum absolute atomic E-state index is 0.0226. The maximum Gasteiger partial charge on any atom is 0.430 e. The van der Waals surface area contributed by atoms with Gasteiger partial charge in [-0.3, -0.25) is 9.69 Å². The third kappa shape index (κ3) is 6.61. The number of aliphatic hydroxyl groups is 1. The SMILES string of the molecule is CCCc1cc(C(O)(C(F)(F)F)C(F)(F)F)ccc1NCCCCN1C(=O)NC(C)(c2ccc(OC(C)C)cc2)C1=O. The molecule has 2 aromatic rings. The van der Waals surface area contributed by atoms with E-state index in [1.165, 1.54) is 0 Å². The highest BCUT2D eigenvalue weighted by atomic mass is 19.4. The molecule has 1 atom stereocenters. The normalized spacial score (nSPS) is 18.0. The van der Waals surface area contributed by atoms with Crippen LogP contribution in [0.4, 0.5) is 36.8 Å². The molecule has 13 heteroatoms. The predicted molar refractivity (Wildman–Crippen MR) is 144 cm³/mol. The first kappa shape index (κ1) is 33.0. The smallest absolute Gasteiger partial charge is 0.430 e. The van der Waals surface area contributed by atoms with Crippen molar-refractivity contribution in [3.63, 3.8) is 0 Å². The molecule has 0 aromatic heterocycles. The van der Waals surface area contributed by atoms with Crippen LogP contribution in [0.2, 0.25) is 0 Å². The van der Waals surface area contributed by atoms with Gasteiger partial charge in [0, 0.05) is 24.3 Å². The number of rotatable bonds is 12. The molecular formula is C29H35F6N3O4. The third-order valence-corrected chi connectivity index (χ3v) is 7.07. The van der Waals surface area contributed by atoms with Crippen LogP contribution in [-0.4, -0.2) is 53.5 Å². The molecule has 0 bridgehead atoms. The Morgan fingerprint density at radius 3 is 2.17 bits per heavy atom. The van der Waals surface area contributed by atoms with Crippen LogP contribution in [0.25, 0.3) is 0 Å². The lowest BCUT2D eigenvalue weighted by atomic mass is 9.89. The Morgan fingerprint density at radius 2 is 1.62 bits per heavy atom. The van der Waals surface area contributed by atoms with Crippen molar-refractivity contribution in [2.75, 3.05) is 18.4 Å². The van der Waals surface area contributed by atoms with E-state index in [4.69, 9.17) is 4.74 Å². The molecule has 232 valence electrons. The topological polar surface area (TPSA) is 90.9 Å². The molecular weight excluding hydrogens is 568 g/mol. The number of aryl methyl sites for hydroxylation is 1. The van der Waals surface area contributed by atoms with Crippen molar-refractivity contribution in [3.8, 4) is 5.75 Å². The fourth-order valence-corrected chi connectivity index (χ4v) is 4.81. The Kier molecular flexibility index (Phi) is 9.75. The highest BCUT2D eigenvalue weighted by molar-refractivity contribution is 6.07. The van der Waals surface area contributed by atoms with Crippen LogP contribution >= 0.6 is 0 Å². The number of urea groups is 1. The second-order valence-corrected chi connectivity index (χ2v) is 10.7. The van der Waals surface area contributed by atoms with Gasteiger partial charge in [0.2, 0.25) is 0 Å². The molecule has 42 heavy (non-hydrogen) atoms. The molecule has 1 aliphatic heterocycles. The highest BCUT2D eigenvalue weighted by Crippen LogP contribution is 2.50. The summed E-state index contributed by atoms with van der Waals surface area (Å²) in [5, 5.41) is 15.5. The van der Waals surface area contributed by atoms with Crippen molar-refractivity contribution in [1.82, 2.24) is 10.2 Å². The van der Waals surface area contributed by atoms with E-state index in [0.29, 0.717) is 42.3 Å². The van der Waals surface area contributed by atoms with E-state index < -0.39 is 41.0 Å². The highest BCUT2D eigenvalue weighted by Gasteiger charge is 2.71. The molecule has 0 aliphatic carbocycles. The van der Waals surface area contributed by atoms with E-state index in [1.807, 2.05) is 13.8 Å². The first-order chi connectivity index (χ1) is 19.5. The van der Waals surface area contributed by atoms with Gasteiger partial charge >= 0.3 is 18.4 Å². The molecule has 1 unspecified atom stereocenters. The number of hydrogen-bond donors (Lipinski definition) is 3. The number of nitrogens with one attached hydrogen (secondary N) is 2. The van der Waals surface area contributed by atoms with Gasteiger partial charge in [-0.2, -0.15) is 26.3 Å². The number of hydrogen-bond acceptors (Lipinski definition) is 5. The number of ether oxygens (including phenoxy) is 1. The van der Waals surface area contributed by atoms with Crippen LogP contribution in [0.3, 0.4) is 0 Å². The fourth-order valence-electron chi connectivity index (χ4n) is 4.81. The van der Waals surface area contributed by atoms with Crippen molar-refractivity contribution < 1.29 is 45.8 Å². The van der Waals surface area contributed by atoms with E-state index in [-0.39, 0.29) is 31.2 Å². The first-order valence-corrected chi connectivity index (χ1v) is 13.6.